The zero-order chi connectivity index (χ0) is 15.6. The lowest BCUT2D eigenvalue weighted by Crippen LogP contribution is -2.33. The van der Waals surface area contributed by atoms with Crippen LogP contribution in [0.5, 0.6) is 0 Å². The van der Waals surface area contributed by atoms with Crippen LogP contribution in [0.4, 0.5) is 11.4 Å². The van der Waals surface area contributed by atoms with Crippen molar-refractivity contribution in [3.63, 3.8) is 0 Å². The van der Waals surface area contributed by atoms with Crippen LogP contribution in [0.2, 0.25) is 0 Å². The Kier molecular flexibility index (Phi) is 3.75. The van der Waals surface area contributed by atoms with Gasteiger partial charge >= 0.3 is 5.97 Å². The lowest BCUT2D eigenvalue weighted by atomic mass is 9.99. The Hall–Kier alpha value is -2.70. The first-order chi connectivity index (χ1) is 9.80. The predicted octanol–water partition coefficient (Wildman–Crippen LogP) is 2.81. The number of nitro benzene ring substituents is 1. The number of fused-ring (bicyclic) bond motifs is 1. The number of benzene rings is 1. The number of non-ortho nitro benzene ring substituents is 1. The number of nitrogens with one attached hydrogen (secondary N) is 1. The average molecular weight is 289 g/mol. The van der Waals surface area contributed by atoms with E-state index in [4.69, 9.17) is 5.11 Å². The van der Waals surface area contributed by atoms with Gasteiger partial charge in [-0.15, -0.1) is 0 Å². The fraction of sp³-hybridized carbons (Fsp3) is 0.286. The van der Waals surface area contributed by atoms with Crippen molar-refractivity contribution in [2.45, 2.75) is 25.8 Å². The molecule has 0 bridgehead atoms. The van der Waals surface area contributed by atoms with Crippen molar-refractivity contribution in [3.05, 3.63) is 40.6 Å². The van der Waals surface area contributed by atoms with Gasteiger partial charge in [0.2, 0.25) is 0 Å². The Morgan fingerprint density at radius 3 is 2.76 bits per heavy atom. The number of nitro groups is 1. The second kappa shape index (κ2) is 5.35. The number of carboxylic acids is 1. The molecule has 0 radical (unpaired) electrons. The summed E-state index contributed by atoms with van der Waals surface area (Å²) < 4.78 is 0. The second-order valence-electron chi connectivity index (χ2n) is 5.37. The number of aromatic nitrogens is 1. The fourth-order valence-electron chi connectivity index (χ4n) is 2.20. The molecule has 1 heterocycles. The molecule has 7 nitrogen and oxygen atoms in total. The normalized spacial score (nSPS) is 11.3. The molecule has 0 spiro atoms. The molecule has 2 rings (SSSR count). The van der Waals surface area contributed by atoms with Crippen LogP contribution >= 0.6 is 0 Å². The standard InChI is InChI=1S/C14H15N3O4/c1-14(2,8-12(18)19)16-10-5-6-11(17(20)21)13-9(10)4-3-7-15-13/h3-7,16H,8H2,1-2H3,(H,18,19). The number of nitrogens with zero attached hydrogens (tertiary/aromatic N) is 2. The third-order valence-corrected chi connectivity index (χ3v) is 3.01. The summed E-state index contributed by atoms with van der Waals surface area (Å²) in [7, 11) is 0. The Balaban J connectivity index is 2.49. The molecule has 1 aromatic heterocycles. The Labute approximate surface area is 120 Å². The largest absolute Gasteiger partial charge is 0.481 e. The lowest BCUT2D eigenvalue weighted by molar-refractivity contribution is -0.383. The summed E-state index contributed by atoms with van der Waals surface area (Å²) in [4.78, 5) is 25.5. The molecule has 0 unspecified atom stereocenters. The molecule has 0 saturated carbocycles. The van der Waals surface area contributed by atoms with Crippen molar-refractivity contribution in [1.82, 2.24) is 4.98 Å². The average Bonchev–Trinajstić information content (AvgIpc) is 2.36. The smallest absolute Gasteiger partial charge is 0.305 e. The molecule has 0 aliphatic heterocycles. The zero-order valence-corrected chi connectivity index (χ0v) is 11.7. The summed E-state index contributed by atoms with van der Waals surface area (Å²) in [6.45, 7) is 3.51. The van der Waals surface area contributed by atoms with Gasteiger partial charge in [-0.3, -0.25) is 14.9 Å². The van der Waals surface area contributed by atoms with Crippen molar-refractivity contribution < 1.29 is 14.8 Å². The predicted molar refractivity (Wildman–Crippen MR) is 78.4 cm³/mol. The van der Waals surface area contributed by atoms with Gasteiger partial charge in [0.05, 0.1) is 11.3 Å². The van der Waals surface area contributed by atoms with Gasteiger partial charge in [-0.25, -0.2) is 4.98 Å². The van der Waals surface area contributed by atoms with Crippen LogP contribution < -0.4 is 5.32 Å². The first-order valence-electron chi connectivity index (χ1n) is 6.32. The second-order valence-corrected chi connectivity index (χ2v) is 5.37. The maximum Gasteiger partial charge on any atom is 0.305 e. The number of anilines is 1. The number of carbonyl (C=O) groups is 1. The fourth-order valence-corrected chi connectivity index (χ4v) is 2.20. The molecule has 2 N–H and O–H groups in total. The monoisotopic (exact) mass is 289 g/mol. The third-order valence-electron chi connectivity index (χ3n) is 3.01. The summed E-state index contributed by atoms with van der Waals surface area (Å²) in [5.74, 6) is -0.920. The number of pyridine rings is 1. The molecule has 110 valence electrons. The molecular formula is C14H15N3O4. The van der Waals surface area contributed by atoms with Crippen LogP contribution in [0.3, 0.4) is 0 Å². The summed E-state index contributed by atoms with van der Waals surface area (Å²) in [5, 5.41) is 23.6. The van der Waals surface area contributed by atoms with E-state index in [1.165, 1.54) is 12.3 Å². The van der Waals surface area contributed by atoms with E-state index in [1.54, 1.807) is 32.0 Å². The van der Waals surface area contributed by atoms with Gasteiger partial charge in [-0.1, -0.05) is 0 Å². The van der Waals surface area contributed by atoms with Crippen molar-refractivity contribution in [3.8, 4) is 0 Å². The van der Waals surface area contributed by atoms with Crippen molar-refractivity contribution in [1.29, 1.82) is 0 Å². The summed E-state index contributed by atoms with van der Waals surface area (Å²) >= 11 is 0. The van der Waals surface area contributed by atoms with E-state index in [1.807, 2.05) is 0 Å². The highest BCUT2D eigenvalue weighted by atomic mass is 16.6. The molecule has 0 aliphatic carbocycles. The number of aliphatic carboxylic acids is 1. The first-order valence-corrected chi connectivity index (χ1v) is 6.32. The van der Waals surface area contributed by atoms with Crippen molar-refractivity contribution in [2.75, 3.05) is 5.32 Å². The van der Waals surface area contributed by atoms with Gasteiger partial charge in [-0.05, 0) is 32.0 Å². The summed E-state index contributed by atoms with van der Waals surface area (Å²) in [5.41, 5.74) is 0.130. The van der Waals surface area contributed by atoms with E-state index in [9.17, 15) is 14.9 Å². The van der Waals surface area contributed by atoms with Crippen molar-refractivity contribution in [2.24, 2.45) is 0 Å². The highest BCUT2D eigenvalue weighted by molar-refractivity contribution is 5.97. The summed E-state index contributed by atoms with van der Waals surface area (Å²) in [6.07, 6.45) is 1.41. The van der Waals surface area contributed by atoms with Gasteiger partial charge in [0.25, 0.3) is 5.69 Å². The Morgan fingerprint density at radius 2 is 2.14 bits per heavy atom. The minimum Gasteiger partial charge on any atom is -0.481 e. The number of rotatable bonds is 5. The maximum atomic E-state index is 11.0. The van der Waals surface area contributed by atoms with Gasteiger partial charge in [0.15, 0.2) is 0 Å². The SMILES string of the molecule is CC(C)(CC(=O)O)Nc1ccc([N+](=O)[O-])c2ncccc12. The third kappa shape index (κ3) is 3.25. The van der Waals surface area contributed by atoms with Crippen LogP contribution in [0, 0.1) is 10.1 Å². The molecule has 0 atom stereocenters. The minimum absolute atomic E-state index is 0.0767. The minimum atomic E-state index is -0.920. The molecule has 21 heavy (non-hydrogen) atoms. The van der Waals surface area contributed by atoms with Crippen LogP contribution in [0.15, 0.2) is 30.5 Å². The van der Waals surface area contributed by atoms with Gasteiger partial charge in [-0.2, -0.15) is 0 Å². The summed E-state index contributed by atoms with van der Waals surface area (Å²) in [6, 6.07) is 6.34. The van der Waals surface area contributed by atoms with Gasteiger partial charge < -0.3 is 10.4 Å². The molecule has 0 aliphatic rings. The maximum absolute atomic E-state index is 11.0. The van der Waals surface area contributed by atoms with E-state index >= 15 is 0 Å². The van der Waals surface area contributed by atoms with E-state index in [0.717, 1.165) is 0 Å². The molecule has 2 aromatic rings. The van der Waals surface area contributed by atoms with E-state index < -0.39 is 16.4 Å². The van der Waals surface area contributed by atoms with Crippen LogP contribution in [-0.4, -0.2) is 26.5 Å². The Morgan fingerprint density at radius 1 is 1.43 bits per heavy atom. The molecular weight excluding hydrogens is 274 g/mol. The highest BCUT2D eigenvalue weighted by Crippen LogP contribution is 2.31. The number of carboxylic acid groups (broad SMARTS) is 1. The topological polar surface area (TPSA) is 105 Å². The quantitative estimate of drug-likeness (QED) is 0.647. The van der Waals surface area contributed by atoms with Gasteiger partial charge in [0, 0.05) is 28.9 Å². The molecule has 0 fully saturated rings. The lowest BCUT2D eigenvalue weighted by Gasteiger charge is -2.26. The van der Waals surface area contributed by atoms with E-state index in [0.29, 0.717) is 11.1 Å². The van der Waals surface area contributed by atoms with Crippen LogP contribution in [-0.2, 0) is 4.79 Å². The molecule has 0 saturated heterocycles. The van der Waals surface area contributed by atoms with Crippen LogP contribution in [0.1, 0.15) is 20.3 Å². The molecule has 0 amide bonds. The van der Waals surface area contributed by atoms with Crippen molar-refractivity contribution >= 4 is 28.2 Å². The Bertz CT molecular complexity index is 712. The molecule has 7 heteroatoms. The first kappa shape index (κ1) is 14.7. The van der Waals surface area contributed by atoms with Crippen LogP contribution in [0.25, 0.3) is 10.9 Å². The number of hydrogen-bond donors (Lipinski definition) is 2. The van der Waals surface area contributed by atoms with E-state index in [-0.39, 0.29) is 17.6 Å². The molecule has 1 aromatic carbocycles. The van der Waals surface area contributed by atoms with E-state index in [2.05, 4.69) is 10.3 Å². The number of hydrogen-bond acceptors (Lipinski definition) is 5. The zero-order valence-electron chi connectivity index (χ0n) is 11.7. The highest BCUT2D eigenvalue weighted by Gasteiger charge is 2.23. The van der Waals surface area contributed by atoms with Gasteiger partial charge in [0.1, 0.15) is 5.52 Å².